The first-order valence-electron chi connectivity index (χ1n) is 13.6. The van der Waals surface area contributed by atoms with Gasteiger partial charge >= 0.3 is 0 Å². The number of allylic oxidation sites excluding steroid dienone is 2. The van der Waals surface area contributed by atoms with E-state index in [0.717, 1.165) is 38.0 Å². The van der Waals surface area contributed by atoms with Gasteiger partial charge in [-0.05, 0) is 97.2 Å². The predicted octanol–water partition coefficient (Wildman–Crippen LogP) is 6.26. The first-order chi connectivity index (χ1) is 14.9. The van der Waals surface area contributed by atoms with Crippen LogP contribution >= 0.6 is 0 Å². The third kappa shape index (κ3) is 3.47. The molecule has 3 nitrogen and oxygen atoms in total. The minimum atomic E-state index is -0.553. The highest BCUT2D eigenvalue weighted by Gasteiger charge is 2.63. The molecule has 0 aromatic rings. The molecule has 0 saturated heterocycles. The normalized spacial score (nSPS) is 45.1. The third-order valence-electron chi connectivity index (χ3n) is 11.9. The molecule has 0 spiro atoms. The molecule has 0 bridgehead atoms. The Kier molecular flexibility index (Phi) is 6.48. The molecule has 4 rings (SSSR count). The van der Waals surface area contributed by atoms with Gasteiger partial charge in [-0.25, -0.2) is 0 Å². The van der Waals surface area contributed by atoms with Crippen LogP contribution in [0.5, 0.6) is 0 Å². The van der Waals surface area contributed by atoms with Gasteiger partial charge in [-0.1, -0.05) is 65.5 Å². The number of hydrogen-bond acceptors (Lipinski definition) is 3. The van der Waals surface area contributed by atoms with Crippen LogP contribution in [0, 0.1) is 39.4 Å². The quantitative estimate of drug-likeness (QED) is 0.422. The zero-order chi connectivity index (χ0) is 23.5. The molecule has 0 heterocycles. The van der Waals surface area contributed by atoms with Gasteiger partial charge in [-0.2, -0.15) is 0 Å². The SMILES string of the molecule is C[C@H](CCCC(O)CO)[C@H]1CC[C@@]2(C)C3=C(CC[C@]12C)[C@@]1(C)CC[C@H](O)C(C)(C)[C@@H]1CC3. The van der Waals surface area contributed by atoms with Crippen molar-refractivity contribution in [2.24, 2.45) is 39.4 Å². The van der Waals surface area contributed by atoms with Crippen molar-refractivity contribution in [3.8, 4) is 0 Å². The van der Waals surface area contributed by atoms with Crippen molar-refractivity contribution in [3.63, 3.8) is 0 Å². The van der Waals surface area contributed by atoms with E-state index in [9.17, 15) is 10.2 Å². The molecule has 0 aliphatic heterocycles. The van der Waals surface area contributed by atoms with Crippen LogP contribution in [0.25, 0.3) is 0 Å². The second-order valence-corrected chi connectivity index (χ2v) is 13.5. The van der Waals surface area contributed by atoms with E-state index in [-0.39, 0.29) is 23.5 Å². The monoisotopic (exact) mass is 446 g/mol. The number of fused-ring (bicyclic) bond motifs is 4. The molecule has 1 unspecified atom stereocenters. The molecule has 2 saturated carbocycles. The molecule has 8 atom stereocenters. The summed E-state index contributed by atoms with van der Waals surface area (Å²) in [4.78, 5) is 0. The van der Waals surface area contributed by atoms with Crippen LogP contribution in [-0.4, -0.2) is 34.1 Å². The fraction of sp³-hybridized carbons (Fsp3) is 0.931. The van der Waals surface area contributed by atoms with Gasteiger partial charge in [0.2, 0.25) is 0 Å². The van der Waals surface area contributed by atoms with Crippen LogP contribution in [0.1, 0.15) is 112 Å². The highest BCUT2D eigenvalue weighted by atomic mass is 16.3. The lowest BCUT2D eigenvalue weighted by atomic mass is 9.43. The van der Waals surface area contributed by atoms with Gasteiger partial charge in [0.15, 0.2) is 0 Å². The third-order valence-corrected chi connectivity index (χ3v) is 11.9. The van der Waals surface area contributed by atoms with Gasteiger partial charge in [-0.15, -0.1) is 0 Å². The van der Waals surface area contributed by atoms with Crippen molar-refractivity contribution in [1.29, 1.82) is 0 Å². The van der Waals surface area contributed by atoms with Crippen molar-refractivity contribution < 1.29 is 15.3 Å². The van der Waals surface area contributed by atoms with Crippen LogP contribution in [-0.2, 0) is 0 Å². The van der Waals surface area contributed by atoms with Crippen LogP contribution in [0.4, 0.5) is 0 Å². The molecule has 32 heavy (non-hydrogen) atoms. The first kappa shape index (κ1) is 24.7. The van der Waals surface area contributed by atoms with Crippen molar-refractivity contribution >= 4 is 0 Å². The van der Waals surface area contributed by atoms with Crippen molar-refractivity contribution in [1.82, 2.24) is 0 Å². The molecule has 0 radical (unpaired) electrons. The second-order valence-electron chi connectivity index (χ2n) is 13.5. The minimum Gasteiger partial charge on any atom is -0.394 e. The topological polar surface area (TPSA) is 60.7 Å². The summed E-state index contributed by atoms with van der Waals surface area (Å²) in [6.07, 6.45) is 12.0. The van der Waals surface area contributed by atoms with Crippen molar-refractivity contribution in [2.45, 2.75) is 124 Å². The number of rotatable bonds is 6. The lowest BCUT2D eigenvalue weighted by Gasteiger charge is -2.62. The van der Waals surface area contributed by atoms with Gasteiger partial charge in [0.05, 0.1) is 18.8 Å². The van der Waals surface area contributed by atoms with E-state index in [0.29, 0.717) is 22.7 Å². The van der Waals surface area contributed by atoms with Gasteiger partial charge in [0, 0.05) is 0 Å². The molecule has 4 aliphatic rings. The highest BCUT2D eigenvalue weighted by Crippen LogP contribution is 2.72. The maximum atomic E-state index is 10.8. The average Bonchev–Trinajstić information content (AvgIpc) is 3.02. The Hall–Kier alpha value is -0.380. The van der Waals surface area contributed by atoms with E-state index < -0.39 is 6.10 Å². The summed E-state index contributed by atoms with van der Waals surface area (Å²) >= 11 is 0. The van der Waals surface area contributed by atoms with E-state index in [4.69, 9.17) is 5.11 Å². The average molecular weight is 447 g/mol. The molecule has 0 aromatic heterocycles. The Labute approximate surface area is 197 Å². The molecule has 4 aliphatic carbocycles. The van der Waals surface area contributed by atoms with Gasteiger partial charge in [0.25, 0.3) is 0 Å². The fourth-order valence-electron chi connectivity index (χ4n) is 9.60. The van der Waals surface area contributed by atoms with Crippen LogP contribution in [0.15, 0.2) is 11.1 Å². The summed E-state index contributed by atoms with van der Waals surface area (Å²) in [7, 11) is 0. The lowest BCUT2D eigenvalue weighted by molar-refractivity contribution is -0.0962. The summed E-state index contributed by atoms with van der Waals surface area (Å²) in [5, 5.41) is 29.7. The standard InChI is InChI=1S/C29H50O3/c1-19(8-7-9-20(31)18-30)21-12-16-29(6)23-10-11-24-26(2,3)25(32)14-15-27(24,4)22(23)13-17-28(21,29)5/h19-21,24-25,30-32H,7-18H2,1-6H3/t19-,20?,21-,24+,25+,27-,28-,29+/m1/s1. The summed E-state index contributed by atoms with van der Waals surface area (Å²) in [5.74, 6) is 2.02. The van der Waals surface area contributed by atoms with E-state index in [1.54, 1.807) is 5.57 Å². The molecule has 3 N–H and O–H groups in total. The van der Waals surface area contributed by atoms with Gasteiger partial charge < -0.3 is 15.3 Å². The summed E-state index contributed by atoms with van der Waals surface area (Å²) in [5.41, 5.74) is 4.59. The number of aliphatic hydroxyl groups is 3. The highest BCUT2D eigenvalue weighted by molar-refractivity contribution is 5.38. The second kappa shape index (κ2) is 8.38. The van der Waals surface area contributed by atoms with Crippen LogP contribution in [0.2, 0.25) is 0 Å². The van der Waals surface area contributed by atoms with Crippen LogP contribution < -0.4 is 0 Å². The van der Waals surface area contributed by atoms with Gasteiger partial charge in [0.1, 0.15) is 0 Å². The van der Waals surface area contributed by atoms with E-state index >= 15 is 0 Å². The lowest BCUT2D eigenvalue weighted by Crippen LogP contribution is -2.55. The maximum Gasteiger partial charge on any atom is 0.0770 e. The van der Waals surface area contributed by atoms with Crippen LogP contribution in [0.3, 0.4) is 0 Å². The fourth-order valence-corrected chi connectivity index (χ4v) is 9.60. The summed E-state index contributed by atoms with van der Waals surface area (Å²) in [6.45, 7) is 14.7. The van der Waals surface area contributed by atoms with Gasteiger partial charge in [-0.3, -0.25) is 0 Å². The molecule has 2 fully saturated rings. The molecule has 3 heteroatoms. The Morgan fingerprint density at radius 3 is 2.31 bits per heavy atom. The smallest absolute Gasteiger partial charge is 0.0770 e. The summed E-state index contributed by atoms with van der Waals surface area (Å²) in [6, 6.07) is 0. The zero-order valence-electron chi connectivity index (χ0n) is 21.7. The Morgan fingerprint density at radius 2 is 1.62 bits per heavy atom. The van der Waals surface area contributed by atoms with E-state index in [2.05, 4.69) is 41.5 Å². The Bertz CT molecular complexity index is 741. The van der Waals surface area contributed by atoms with Crippen molar-refractivity contribution in [3.05, 3.63) is 11.1 Å². The first-order valence-corrected chi connectivity index (χ1v) is 13.6. The Morgan fingerprint density at radius 1 is 0.906 bits per heavy atom. The molecule has 0 amide bonds. The molecular weight excluding hydrogens is 396 g/mol. The Balaban J connectivity index is 1.59. The summed E-state index contributed by atoms with van der Waals surface area (Å²) < 4.78 is 0. The van der Waals surface area contributed by atoms with E-state index in [1.807, 2.05) is 5.57 Å². The minimum absolute atomic E-state index is 0.0129. The molecular formula is C29H50O3. The number of aliphatic hydroxyl groups excluding tert-OH is 3. The predicted molar refractivity (Wildman–Crippen MR) is 131 cm³/mol. The molecule has 0 aromatic carbocycles. The van der Waals surface area contributed by atoms with Crippen molar-refractivity contribution in [2.75, 3.05) is 6.61 Å². The largest absolute Gasteiger partial charge is 0.394 e. The zero-order valence-corrected chi connectivity index (χ0v) is 21.7. The molecule has 184 valence electrons. The number of hydrogen-bond donors (Lipinski definition) is 3. The maximum absolute atomic E-state index is 10.8. The van der Waals surface area contributed by atoms with E-state index in [1.165, 1.54) is 38.5 Å².